The zero-order chi connectivity index (χ0) is 27.6. The van der Waals surface area contributed by atoms with Crippen LogP contribution in [0.5, 0.6) is 0 Å². The van der Waals surface area contributed by atoms with E-state index in [9.17, 15) is 9.59 Å². The van der Waals surface area contributed by atoms with Crippen molar-refractivity contribution in [1.29, 1.82) is 0 Å². The van der Waals surface area contributed by atoms with Gasteiger partial charge in [-0.25, -0.2) is 4.79 Å². The number of aryl methyl sites for hydroxylation is 2. The average molecular weight is 512 g/mol. The predicted octanol–water partition coefficient (Wildman–Crippen LogP) is 6.74. The molecule has 0 aliphatic heterocycles. The molecule has 4 aromatic rings. The molecule has 3 aromatic carbocycles. The van der Waals surface area contributed by atoms with Crippen LogP contribution in [0.1, 0.15) is 68.6 Å². The molecule has 6 heteroatoms. The maximum Gasteiger partial charge on any atom is 0.354 e. The first-order chi connectivity index (χ1) is 18.1. The minimum Gasteiger partial charge on any atom is -0.341 e. The number of rotatable bonds is 9. The van der Waals surface area contributed by atoms with Crippen molar-refractivity contribution in [3.05, 3.63) is 82.9 Å². The third-order valence-electron chi connectivity index (χ3n) is 7.57. The van der Waals surface area contributed by atoms with Gasteiger partial charge in [-0.05, 0) is 89.2 Å². The highest BCUT2D eigenvalue weighted by atomic mass is 16.7. The molecule has 0 atom stereocenters. The van der Waals surface area contributed by atoms with Gasteiger partial charge in [0.1, 0.15) is 5.54 Å². The third kappa shape index (κ3) is 4.88. The number of fused-ring (bicyclic) bond motifs is 3. The zero-order valence-electron chi connectivity index (χ0n) is 23.5. The summed E-state index contributed by atoms with van der Waals surface area (Å²) in [6.07, 6.45) is 0. The van der Waals surface area contributed by atoms with Gasteiger partial charge in [-0.1, -0.05) is 49.3 Å². The molecule has 0 amide bonds. The SMILES string of the molecule is CCN(CC)C(C)(C)C(=O)O/N=C(\C)c1ccc2c(c1)c1cc(C(=O)c3ccccc3C)ccc1n2CC. The van der Waals surface area contributed by atoms with Crippen molar-refractivity contribution in [2.75, 3.05) is 13.1 Å². The maximum absolute atomic E-state index is 13.3. The van der Waals surface area contributed by atoms with Crippen LogP contribution in [0, 0.1) is 6.92 Å². The molecule has 38 heavy (non-hydrogen) atoms. The lowest BCUT2D eigenvalue weighted by atomic mass is 9.97. The van der Waals surface area contributed by atoms with Gasteiger partial charge < -0.3 is 9.40 Å². The highest BCUT2D eigenvalue weighted by Crippen LogP contribution is 2.32. The summed E-state index contributed by atoms with van der Waals surface area (Å²) in [5.74, 6) is -0.373. The number of hydrogen-bond donors (Lipinski definition) is 0. The number of hydrogen-bond acceptors (Lipinski definition) is 5. The fourth-order valence-electron chi connectivity index (χ4n) is 5.21. The summed E-state index contributed by atoms with van der Waals surface area (Å²) in [7, 11) is 0. The van der Waals surface area contributed by atoms with E-state index in [0.29, 0.717) is 16.8 Å². The number of carbonyl (C=O) groups excluding carboxylic acids is 2. The summed E-state index contributed by atoms with van der Waals surface area (Å²) < 4.78 is 2.25. The van der Waals surface area contributed by atoms with E-state index in [-0.39, 0.29) is 11.8 Å². The van der Waals surface area contributed by atoms with Crippen molar-refractivity contribution >= 4 is 39.3 Å². The van der Waals surface area contributed by atoms with Gasteiger partial charge in [-0.15, -0.1) is 0 Å². The minimum atomic E-state index is -0.772. The van der Waals surface area contributed by atoms with Crippen LogP contribution in [0.15, 0.2) is 65.8 Å². The fraction of sp³-hybridized carbons (Fsp3) is 0.344. The van der Waals surface area contributed by atoms with Gasteiger partial charge in [0.25, 0.3) is 0 Å². The summed E-state index contributed by atoms with van der Waals surface area (Å²) in [6.45, 7) is 16.0. The smallest absolute Gasteiger partial charge is 0.341 e. The first-order valence-corrected chi connectivity index (χ1v) is 13.3. The first-order valence-electron chi connectivity index (χ1n) is 13.3. The Kier molecular flexibility index (Phi) is 7.83. The Balaban J connectivity index is 1.73. The Labute approximate surface area is 224 Å². The van der Waals surface area contributed by atoms with E-state index in [1.54, 1.807) is 0 Å². The Morgan fingerprint density at radius 3 is 2.05 bits per heavy atom. The van der Waals surface area contributed by atoms with Crippen LogP contribution in [-0.2, 0) is 16.2 Å². The number of carbonyl (C=O) groups is 2. The Morgan fingerprint density at radius 1 is 0.895 bits per heavy atom. The lowest BCUT2D eigenvalue weighted by Crippen LogP contribution is -2.50. The quantitative estimate of drug-likeness (QED) is 0.108. The first kappa shape index (κ1) is 27.3. The van der Waals surface area contributed by atoms with Crippen LogP contribution in [0.2, 0.25) is 0 Å². The molecule has 0 saturated carbocycles. The molecule has 1 heterocycles. The third-order valence-corrected chi connectivity index (χ3v) is 7.57. The van der Waals surface area contributed by atoms with Gasteiger partial charge in [-0.2, -0.15) is 0 Å². The Hall–Kier alpha value is -3.77. The number of benzene rings is 3. The van der Waals surface area contributed by atoms with E-state index in [1.807, 2.05) is 95.0 Å². The van der Waals surface area contributed by atoms with Gasteiger partial charge in [0.05, 0.1) is 5.71 Å². The predicted molar refractivity (Wildman–Crippen MR) is 155 cm³/mol. The van der Waals surface area contributed by atoms with E-state index >= 15 is 0 Å². The monoisotopic (exact) mass is 511 g/mol. The summed E-state index contributed by atoms with van der Waals surface area (Å²) in [4.78, 5) is 33.6. The molecular weight excluding hydrogens is 474 g/mol. The van der Waals surface area contributed by atoms with E-state index < -0.39 is 5.54 Å². The molecule has 0 saturated heterocycles. The second-order valence-electron chi connectivity index (χ2n) is 10.1. The number of oxime groups is 1. The van der Waals surface area contributed by atoms with Gasteiger partial charge in [-0.3, -0.25) is 9.69 Å². The van der Waals surface area contributed by atoms with Crippen LogP contribution in [0.4, 0.5) is 0 Å². The standard InChI is InChI=1S/C32H37N3O3/c1-8-34(9-2)32(6,7)31(37)38-33-22(5)23-15-17-28-26(19-23)27-20-24(16-18-29(27)35(28)10-3)30(36)25-14-12-11-13-21(25)4/h11-20H,8-10H2,1-7H3/b33-22+. The number of likely N-dealkylation sites (N-methyl/N-ethyl adjacent to an activating group) is 1. The van der Waals surface area contributed by atoms with E-state index in [2.05, 4.69) is 28.8 Å². The highest BCUT2D eigenvalue weighted by molar-refractivity contribution is 6.16. The molecule has 198 valence electrons. The van der Waals surface area contributed by atoms with E-state index in [1.165, 1.54) is 0 Å². The van der Waals surface area contributed by atoms with Crippen molar-refractivity contribution in [3.8, 4) is 0 Å². The topological polar surface area (TPSA) is 63.9 Å². The van der Waals surface area contributed by atoms with Crippen molar-refractivity contribution in [3.63, 3.8) is 0 Å². The molecule has 0 bridgehead atoms. The Bertz CT molecular complexity index is 1540. The number of aromatic nitrogens is 1. The van der Waals surface area contributed by atoms with Crippen LogP contribution >= 0.6 is 0 Å². The molecule has 0 fully saturated rings. The van der Waals surface area contributed by atoms with E-state index in [4.69, 9.17) is 4.84 Å². The summed E-state index contributed by atoms with van der Waals surface area (Å²) in [5.41, 5.74) is 5.18. The van der Waals surface area contributed by atoms with E-state index in [0.717, 1.165) is 52.6 Å². The molecule has 6 nitrogen and oxygen atoms in total. The zero-order valence-corrected chi connectivity index (χ0v) is 23.5. The van der Waals surface area contributed by atoms with Gasteiger partial charge in [0.2, 0.25) is 0 Å². The number of nitrogens with zero attached hydrogens (tertiary/aromatic N) is 3. The lowest BCUT2D eigenvalue weighted by molar-refractivity contribution is -0.156. The molecule has 0 radical (unpaired) electrons. The molecular formula is C32H37N3O3. The van der Waals surface area contributed by atoms with Crippen molar-refractivity contribution < 1.29 is 14.4 Å². The van der Waals surface area contributed by atoms with Crippen LogP contribution in [0.25, 0.3) is 21.8 Å². The highest BCUT2D eigenvalue weighted by Gasteiger charge is 2.35. The number of ketones is 1. The molecule has 0 aliphatic carbocycles. The van der Waals surface area contributed by atoms with Crippen LogP contribution in [-0.4, -0.2) is 45.6 Å². The molecule has 0 aliphatic rings. The minimum absolute atomic E-state index is 0.0130. The fourth-order valence-corrected chi connectivity index (χ4v) is 5.21. The van der Waals surface area contributed by atoms with Crippen molar-refractivity contribution in [2.45, 2.75) is 60.5 Å². The molecule has 0 N–H and O–H groups in total. The summed E-state index contributed by atoms with van der Waals surface area (Å²) in [6, 6.07) is 19.7. The second-order valence-corrected chi connectivity index (χ2v) is 10.1. The van der Waals surface area contributed by atoms with Gasteiger partial charge in [0.15, 0.2) is 5.78 Å². The second kappa shape index (κ2) is 10.9. The Morgan fingerprint density at radius 2 is 1.47 bits per heavy atom. The van der Waals surface area contributed by atoms with Gasteiger partial charge in [0, 0.05) is 39.5 Å². The van der Waals surface area contributed by atoms with Crippen molar-refractivity contribution in [2.24, 2.45) is 5.16 Å². The maximum atomic E-state index is 13.3. The summed E-state index contributed by atoms with van der Waals surface area (Å²) in [5, 5.41) is 6.24. The summed E-state index contributed by atoms with van der Waals surface area (Å²) >= 11 is 0. The largest absolute Gasteiger partial charge is 0.354 e. The van der Waals surface area contributed by atoms with Crippen molar-refractivity contribution in [1.82, 2.24) is 9.47 Å². The molecule has 0 unspecified atom stereocenters. The average Bonchev–Trinajstić information content (AvgIpc) is 3.24. The molecule has 4 rings (SSSR count). The van der Waals surface area contributed by atoms with Crippen LogP contribution < -0.4 is 0 Å². The van der Waals surface area contributed by atoms with Gasteiger partial charge >= 0.3 is 5.97 Å². The molecule has 1 aromatic heterocycles. The van der Waals surface area contributed by atoms with Crippen LogP contribution in [0.3, 0.4) is 0 Å². The lowest BCUT2D eigenvalue weighted by Gasteiger charge is -2.33. The normalized spacial score (nSPS) is 12.5. The molecule has 0 spiro atoms.